The molecule has 1 unspecified atom stereocenters. The van der Waals surface area contributed by atoms with Gasteiger partial charge in [-0.25, -0.2) is 0 Å². The van der Waals surface area contributed by atoms with Gasteiger partial charge in [0, 0.05) is 19.0 Å². The zero-order valence-corrected chi connectivity index (χ0v) is 10.7. The highest BCUT2D eigenvalue weighted by atomic mass is 16.4. The molecule has 1 heterocycles. The monoisotopic (exact) mass is 254 g/mol. The molecule has 0 bridgehead atoms. The highest BCUT2D eigenvalue weighted by molar-refractivity contribution is 5.77. The number of carbonyl (C=O) groups excluding carboxylic acids is 1. The SMILES string of the molecule is O=C(CCN1CCCC1C(=O)O)NC1CCCC1. The summed E-state index contributed by atoms with van der Waals surface area (Å²) in [4.78, 5) is 24.7. The summed E-state index contributed by atoms with van der Waals surface area (Å²) in [5.74, 6) is -0.693. The Hall–Kier alpha value is -1.10. The van der Waals surface area contributed by atoms with Crippen LogP contribution in [0, 0.1) is 0 Å². The van der Waals surface area contributed by atoms with Crippen molar-refractivity contribution in [2.45, 2.75) is 57.0 Å². The van der Waals surface area contributed by atoms with E-state index < -0.39 is 5.97 Å². The van der Waals surface area contributed by atoms with Gasteiger partial charge in [-0.05, 0) is 32.2 Å². The molecule has 2 N–H and O–H groups in total. The highest BCUT2D eigenvalue weighted by Gasteiger charge is 2.30. The molecule has 1 atom stereocenters. The summed E-state index contributed by atoms with van der Waals surface area (Å²) < 4.78 is 0. The fraction of sp³-hybridized carbons (Fsp3) is 0.846. The topological polar surface area (TPSA) is 69.6 Å². The molecule has 0 aromatic carbocycles. The molecule has 1 aliphatic carbocycles. The van der Waals surface area contributed by atoms with Gasteiger partial charge in [-0.15, -0.1) is 0 Å². The average Bonchev–Trinajstić information content (AvgIpc) is 2.96. The van der Waals surface area contributed by atoms with Crippen molar-refractivity contribution in [1.82, 2.24) is 10.2 Å². The van der Waals surface area contributed by atoms with Crippen LogP contribution >= 0.6 is 0 Å². The molecule has 0 radical (unpaired) electrons. The molecule has 1 aliphatic heterocycles. The molecule has 2 aliphatic rings. The molecule has 0 aromatic heterocycles. The van der Waals surface area contributed by atoms with Gasteiger partial charge >= 0.3 is 5.97 Å². The number of nitrogens with one attached hydrogen (secondary N) is 1. The van der Waals surface area contributed by atoms with Crippen LogP contribution in [0.3, 0.4) is 0 Å². The van der Waals surface area contributed by atoms with E-state index in [1.807, 2.05) is 4.90 Å². The van der Waals surface area contributed by atoms with Gasteiger partial charge in [0.2, 0.25) is 5.91 Å². The standard InChI is InChI=1S/C13H22N2O3/c16-12(14-10-4-1-2-5-10)7-9-15-8-3-6-11(15)13(17)18/h10-11H,1-9H2,(H,14,16)(H,17,18). The lowest BCUT2D eigenvalue weighted by Crippen LogP contribution is -2.40. The molecule has 5 heteroatoms. The van der Waals surface area contributed by atoms with E-state index in [4.69, 9.17) is 5.11 Å². The second kappa shape index (κ2) is 6.18. The first-order valence-corrected chi connectivity index (χ1v) is 6.93. The summed E-state index contributed by atoms with van der Waals surface area (Å²) in [6, 6.07) is -0.0318. The maximum absolute atomic E-state index is 11.7. The van der Waals surface area contributed by atoms with E-state index in [9.17, 15) is 9.59 Å². The number of aliphatic carboxylic acids is 1. The minimum atomic E-state index is -0.760. The molecule has 1 amide bonds. The highest BCUT2D eigenvalue weighted by Crippen LogP contribution is 2.19. The molecule has 0 aromatic rings. The molecular formula is C13H22N2O3. The Balaban J connectivity index is 1.70. The lowest BCUT2D eigenvalue weighted by Gasteiger charge is -2.21. The molecule has 5 nitrogen and oxygen atoms in total. The number of carboxylic acid groups (broad SMARTS) is 1. The van der Waals surface area contributed by atoms with Crippen LogP contribution in [0.25, 0.3) is 0 Å². The Morgan fingerprint density at radius 2 is 1.89 bits per heavy atom. The van der Waals surface area contributed by atoms with Crippen LogP contribution in [0.2, 0.25) is 0 Å². The number of carbonyl (C=O) groups is 2. The van der Waals surface area contributed by atoms with Crippen molar-refractivity contribution in [3.63, 3.8) is 0 Å². The lowest BCUT2D eigenvalue weighted by atomic mass is 10.2. The van der Waals surface area contributed by atoms with Gasteiger partial charge in [0.1, 0.15) is 6.04 Å². The predicted octanol–water partition coefficient (Wildman–Crippen LogP) is 0.984. The Bertz CT molecular complexity index is 313. The molecule has 0 spiro atoms. The quantitative estimate of drug-likeness (QED) is 0.767. The minimum Gasteiger partial charge on any atom is -0.480 e. The Labute approximate surface area is 108 Å². The number of hydrogen-bond acceptors (Lipinski definition) is 3. The van der Waals surface area contributed by atoms with Crippen molar-refractivity contribution in [1.29, 1.82) is 0 Å². The third-order valence-electron chi connectivity index (χ3n) is 4.00. The van der Waals surface area contributed by atoms with E-state index in [1.54, 1.807) is 0 Å². The number of rotatable bonds is 5. The summed E-state index contributed by atoms with van der Waals surface area (Å²) in [6.45, 7) is 1.36. The summed E-state index contributed by atoms with van der Waals surface area (Å²) in [7, 11) is 0. The van der Waals surface area contributed by atoms with Crippen molar-refractivity contribution in [2.75, 3.05) is 13.1 Å². The average molecular weight is 254 g/mol. The Kier molecular flexibility index (Phi) is 4.58. The number of hydrogen-bond donors (Lipinski definition) is 2. The van der Waals surface area contributed by atoms with Crippen LogP contribution in [0.15, 0.2) is 0 Å². The van der Waals surface area contributed by atoms with Gasteiger partial charge in [0.05, 0.1) is 0 Å². The van der Waals surface area contributed by atoms with Crippen LogP contribution in [0.1, 0.15) is 44.9 Å². The van der Waals surface area contributed by atoms with E-state index in [2.05, 4.69) is 5.32 Å². The fourth-order valence-corrected chi connectivity index (χ4v) is 2.99. The van der Waals surface area contributed by atoms with Gasteiger partial charge in [-0.2, -0.15) is 0 Å². The number of likely N-dealkylation sites (tertiary alicyclic amines) is 1. The summed E-state index contributed by atoms with van der Waals surface area (Å²) >= 11 is 0. The molecule has 1 saturated carbocycles. The van der Waals surface area contributed by atoms with Gasteiger partial charge in [-0.1, -0.05) is 12.8 Å². The molecule has 18 heavy (non-hydrogen) atoms. The first-order chi connectivity index (χ1) is 8.66. The van der Waals surface area contributed by atoms with E-state index in [0.29, 0.717) is 25.4 Å². The Morgan fingerprint density at radius 1 is 1.17 bits per heavy atom. The smallest absolute Gasteiger partial charge is 0.320 e. The molecule has 1 saturated heterocycles. The van der Waals surface area contributed by atoms with Gasteiger partial charge in [-0.3, -0.25) is 14.5 Å². The van der Waals surface area contributed by atoms with Crippen molar-refractivity contribution >= 4 is 11.9 Å². The third-order valence-corrected chi connectivity index (χ3v) is 4.00. The molecule has 2 rings (SSSR count). The van der Waals surface area contributed by atoms with Gasteiger partial charge < -0.3 is 10.4 Å². The van der Waals surface area contributed by atoms with Crippen LogP contribution in [-0.4, -0.2) is 47.1 Å². The predicted molar refractivity (Wildman–Crippen MR) is 67.2 cm³/mol. The van der Waals surface area contributed by atoms with Crippen LogP contribution in [0.5, 0.6) is 0 Å². The maximum atomic E-state index is 11.7. The normalized spacial score (nSPS) is 25.4. The second-order valence-electron chi connectivity index (χ2n) is 5.33. The van der Waals surface area contributed by atoms with E-state index in [0.717, 1.165) is 25.8 Å². The second-order valence-corrected chi connectivity index (χ2v) is 5.33. The van der Waals surface area contributed by atoms with E-state index in [1.165, 1.54) is 12.8 Å². The largest absolute Gasteiger partial charge is 0.480 e. The van der Waals surface area contributed by atoms with Gasteiger partial charge in [0.25, 0.3) is 0 Å². The van der Waals surface area contributed by atoms with Crippen molar-refractivity contribution in [3.8, 4) is 0 Å². The molecule has 2 fully saturated rings. The zero-order chi connectivity index (χ0) is 13.0. The zero-order valence-electron chi connectivity index (χ0n) is 10.7. The number of amides is 1. The number of nitrogens with zero attached hydrogens (tertiary/aromatic N) is 1. The van der Waals surface area contributed by atoms with Crippen LogP contribution < -0.4 is 5.32 Å². The van der Waals surface area contributed by atoms with Crippen LogP contribution in [0.4, 0.5) is 0 Å². The summed E-state index contributed by atoms with van der Waals surface area (Å²) in [5.41, 5.74) is 0. The third kappa shape index (κ3) is 3.45. The van der Waals surface area contributed by atoms with Crippen molar-refractivity contribution in [3.05, 3.63) is 0 Å². The lowest BCUT2D eigenvalue weighted by molar-refractivity contribution is -0.142. The van der Waals surface area contributed by atoms with Crippen LogP contribution in [-0.2, 0) is 9.59 Å². The first kappa shape index (κ1) is 13.3. The molecular weight excluding hydrogens is 232 g/mol. The first-order valence-electron chi connectivity index (χ1n) is 6.93. The number of carboxylic acids is 1. The van der Waals surface area contributed by atoms with E-state index >= 15 is 0 Å². The Morgan fingerprint density at radius 3 is 2.56 bits per heavy atom. The fourth-order valence-electron chi connectivity index (χ4n) is 2.99. The van der Waals surface area contributed by atoms with Crippen molar-refractivity contribution in [2.24, 2.45) is 0 Å². The molecule has 102 valence electrons. The van der Waals surface area contributed by atoms with Gasteiger partial charge in [0.15, 0.2) is 0 Å². The summed E-state index contributed by atoms with van der Waals surface area (Å²) in [6.07, 6.45) is 6.64. The maximum Gasteiger partial charge on any atom is 0.320 e. The summed E-state index contributed by atoms with van der Waals surface area (Å²) in [5, 5.41) is 12.1. The minimum absolute atomic E-state index is 0.0675. The van der Waals surface area contributed by atoms with Crippen molar-refractivity contribution < 1.29 is 14.7 Å². The van der Waals surface area contributed by atoms with E-state index in [-0.39, 0.29) is 11.9 Å².